The second kappa shape index (κ2) is 8.32. The van der Waals surface area contributed by atoms with Gasteiger partial charge in [-0.3, -0.25) is 13.8 Å². The molecule has 1 aliphatic rings. The summed E-state index contributed by atoms with van der Waals surface area (Å²) in [7, 11) is -3.90. The van der Waals surface area contributed by atoms with E-state index in [2.05, 4.69) is 0 Å². The Bertz CT molecular complexity index is 898. The topological polar surface area (TPSA) is 90.0 Å². The van der Waals surface area contributed by atoms with Crippen LogP contribution in [0.2, 0.25) is 0 Å². The Morgan fingerprint density at radius 2 is 1.67 bits per heavy atom. The van der Waals surface area contributed by atoms with Gasteiger partial charge in [-0.15, -0.1) is 0 Å². The second-order valence-electron chi connectivity index (χ2n) is 6.08. The summed E-state index contributed by atoms with van der Waals surface area (Å²) < 4.78 is 34.4. The van der Waals surface area contributed by atoms with Crippen LogP contribution in [0.4, 0.5) is 0 Å². The molecule has 1 amide bonds. The number of ether oxygens (including phenoxy) is 1. The lowest BCUT2D eigenvalue weighted by molar-refractivity contribution is -0.159. The largest absolute Gasteiger partial charge is 0.459 e. The highest BCUT2D eigenvalue weighted by molar-refractivity contribution is 7.86. The van der Waals surface area contributed by atoms with Crippen LogP contribution in [0.5, 0.6) is 0 Å². The minimum absolute atomic E-state index is 0.0458. The van der Waals surface area contributed by atoms with Crippen molar-refractivity contribution >= 4 is 22.0 Å². The summed E-state index contributed by atoms with van der Waals surface area (Å²) in [6.45, 7) is -0.314. The summed E-state index contributed by atoms with van der Waals surface area (Å²) in [6.07, 6.45) is 0.135. The number of benzene rings is 2. The van der Waals surface area contributed by atoms with Crippen LogP contribution in [0, 0.1) is 0 Å². The average molecular weight is 389 g/mol. The van der Waals surface area contributed by atoms with Gasteiger partial charge in [0, 0.05) is 6.42 Å². The van der Waals surface area contributed by atoms with E-state index in [-0.39, 0.29) is 37.0 Å². The van der Waals surface area contributed by atoms with Crippen molar-refractivity contribution in [3.8, 4) is 0 Å². The van der Waals surface area contributed by atoms with Crippen molar-refractivity contribution in [1.82, 2.24) is 4.90 Å². The van der Waals surface area contributed by atoms with E-state index in [9.17, 15) is 18.0 Å². The first kappa shape index (κ1) is 19.1. The van der Waals surface area contributed by atoms with Crippen LogP contribution in [0.1, 0.15) is 12.0 Å². The molecule has 1 aliphatic heterocycles. The minimum atomic E-state index is -3.90. The van der Waals surface area contributed by atoms with E-state index >= 15 is 0 Å². The van der Waals surface area contributed by atoms with E-state index in [1.165, 1.54) is 17.0 Å². The van der Waals surface area contributed by atoms with Crippen molar-refractivity contribution in [1.29, 1.82) is 0 Å². The number of carbonyl (C=O) groups is 2. The van der Waals surface area contributed by atoms with Crippen LogP contribution in [-0.2, 0) is 35.2 Å². The molecular formula is C19H19NO6S. The smallest absolute Gasteiger partial charge is 0.325 e. The van der Waals surface area contributed by atoms with E-state index in [1.807, 2.05) is 30.3 Å². The van der Waals surface area contributed by atoms with Gasteiger partial charge in [-0.1, -0.05) is 48.5 Å². The number of likely N-dealkylation sites (tertiary alicyclic amines) is 1. The summed E-state index contributed by atoms with van der Waals surface area (Å²) in [6, 6.07) is 16.5. The van der Waals surface area contributed by atoms with Crippen molar-refractivity contribution in [2.75, 3.05) is 13.2 Å². The third kappa shape index (κ3) is 4.93. The van der Waals surface area contributed by atoms with Crippen LogP contribution >= 0.6 is 0 Å². The third-order valence-electron chi connectivity index (χ3n) is 4.16. The minimum Gasteiger partial charge on any atom is -0.459 e. The molecule has 1 heterocycles. The molecule has 27 heavy (non-hydrogen) atoms. The summed E-state index contributed by atoms with van der Waals surface area (Å²) in [5.74, 6) is -0.791. The lowest BCUT2D eigenvalue weighted by Crippen LogP contribution is -2.56. The molecule has 2 aromatic rings. The predicted molar refractivity (Wildman–Crippen MR) is 95.9 cm³/mol. The molecule has 8 heteroatoms. The lowest BCUT2D eigenvalue weighted by Gasteiger charge is -2.39. The summed E-state index contributed by atoms with van der Waals surface area (Å²) >= 11 is 0. The van der Waals surface area contributed by atoms with Crippen LogP contribution < -0.4 is 0 Å². The number of esters is 1. The van der Waals surface area contributed by atoms with E-state index in [4.69, 9.17) is 8.92 Å². The molecule has 2 aromatic carbocycles. The number of nitrogens with zero attached hydrogens (tertiary/aromatic N) is 1. The average Bonchev–Trinajstić information content (AvgIpc) is 2.69. The van der Waals surface area contributed by atoms with Gasteiger partial charge in [0.2, 0.25) is 5.91 Å². The first-order valence-electron chi connectivity index (χ1n) is 8.39. The molecular weight excluding hydrogens is 370 g/mol. The summed E-state index contributed by atoms with van der Waals surface area (Å²) in [4.78, 5) is 25.0. The molecule has 0 N–H and O–H groups in total. The van der Waals surface area contributed by atoms with Crippen molar-refractivity contribution in [2.24, 2.45) is 0 Å². The van der Waals surface area contributed by atoms with Gasteiger partial charge in [0.05, 0.1) is 17.5 Å². The van der Waals surface area contributed by atoms with Gasteiger partial charge in [0.1, 0.15) is 13.2 Å². The fourth-order valence-electron chi connectivity index (χ4n) is 2.63. The van der Waals surface area contributed by atoms with Gasteiger partial charge in [0.15, 0.2) is 0 Å². The monoisotopic (exact) mass is 389 g/mol. The molecule has 142 valence electrons. The molecule has 1 fully saturated rings. The SMILES string of the molecule is O=C(CN1C(=O)CC1COS(=O)(=O)c1ccccc1)OCc1ccccc1. The number of β-lactam (4-membered cyclic amide) rings is 1. The molecule has 0 spiro atoms. The second-order valence-corrected chi connectivity index (χ2v) is 7.69. The molecule has 3 rings (SSSR count). The van der Waals surface area contributed by atoms with E-state index < -0.39 is 22.1 Å². The predicted octanol–water partition coefficient (Wildman–Crippen LogP) is 1.74. The zero-order valence-electron chi connectivity index (χ0n) is 14.5. The number of rotatable bonds is 8. The van der Waals surface area contributed by atoms with Gasteiger partial charge >= 0.3 is 5.97 Å². The van der Waals surface area contributed by atoms with Crippen molar-refractivity contribution in [2.45, 2.75) is 24.0 Å². The van der Waals surface area contributed by atoms with E-state index in [1.54, 1.807) is 18.2 Å². The quantitative estimate of drug-likeness (QED) is 0.388. The lowest BCUT2D eigenvalue weighted by atomic mass is 10.0. The van der Waals surface area contributed by atoms with E-state index in [0.717, 1.165) is 5.56 Å². The Kier molecular flexibility index (Phi) is 5.88. The molecule has 0 bridgehead atoms. The molecule has 0 radical (unpaired) electrons. The Morgan fingerprint density at radius 3 is 2.30 bits per heavy atom. The number of hydrogen-bond acceptors (Lipinski definition) is 6. The molecule has 1 unspecified atom stereocenters. The van der Waals surface area contributed by atoms with Crippen LogP contribution in [0.3, 0.4) is 0 Å². The Hall–Kier alpha value is -2.71. The van der Waals surface area contributed by atoms with Crippen LogP contribution in [0.15, 0.2) is 65.6 Å². The highest BCUT2D eigenvalue weighted by Crippen LogP contribution is 2.21. The maximum absolute atomic E-state index is 12.1. The molecule has 1 atom stereocenters. The molecule has 7 nitrogen and oxygen atoms in total. The molecule has 0 saturated carbocycles. The van der Waals surface area contributed by atoms with Crippen molar-refractivity contribution in [3.05, 3.63) is 66.2 Å². The van der Waals surface area contributed by atoms with Gasteiger partial charge in [-0.05, 0) is 17.7 Å². The zero-order valence-corrected chi connectivity index (χ0v) is 15.3. The highest BCUT2D eigenvalue weighted by atomic mass is 32.2. The van der Waals surface area contributed by atoms with Crippen molar-refractivity contribution < 1.29 is 26.9 Å². The number of hydrogen-bond donors (Lipinski definition) is 0. The Balaban J connectivity index is 1.49. The van der Waals surface area contributed by atoms with E-state index in [0.29, 0.717) is 0 Å². The van der Waals surface area contributed by atoms with Crippen molar-refractivity contribution in [3.63, 3.8) is 0 Å². The number of amides is 1. The first-order valence-corrected chi connectivity index (χ1v) is 9.80. The zero-order chi connectivity index (χ0) is 19.3. The fraction of sp³-hybridized carbons (Fsp3) is 0.263. The Labute approximate surface area is 157 Å². The van der Waals surface area contributed by atoms with Gasteiger partial charge in [0.25, 0.3) is 10.1 Å². The first-order chi connectivity index (χ1) is 13.0. The molecule has 1 saturated heterocycles. The summed E-state index contributed by atoms with van der Waals surface area (Å²) in [5, 5.41) is 0. The number of carbonyl (C=O) groups excluding carboxylic acids is 2. The van der Waals surface area contributed by atoms with Crippen LogP contribution in [-0.4, -0.2) is 44.4 Å². The molecule has 0 aliphatic carbocycles. The maximum Gasteiger partial charge on any atom is 0.325 e. The fourth-order valence-corrected chi connectivity index (χ4v) is 3.60. The third-order valence-corrected chi connectivity index (χ3v) is 5.46. The van der Waals surface area contributed by atoms with Gasteiger partial charge in [-0.2, -0.15) is 8.42 Å². The van der Waals surface area contributed by atoms with Gasteiger partial charge < -0.3 is 9.64 Å². The standard InChI is InChI=1S/C19H19NO6S/c21-18-11-16(14-26-27(23,24)17-9-5-2-6-10-17)20(18)12-19(22)25-13-15-7-3-1-4-8-15/h1-10,16H,11-14H2. The maximum atomic E-state index is 12.1. The normalized spacial score (nSPS) is 16.7. The Morgan fingerprint density at radius 1 is 1.04 bits per heavy atom. The van der Waals surface area contributed by atoms with Gasteiger partial charge in [-0.25, -0.2) is 0 Å². The summed E-state index contributed by atoms with van der Waals surface area (Å²) in [5.41, 5.74) is 0.842. The van der Waals surface area contributed by atoms with Crippen LogP contribution in [0.25, 0.3) is 0 Å². The molecule has 0 aromatic heterocycles. The highest BCUT2D eigenvalue weighted by Gasteiger charge is 2.38.